The Morgan fingerprint density at radius 1 is 1.40 bits per heavy atom. The monoisotopic (exact) mass is 282 g/mol. The van der Waals surface area contributed by atoms with Crippen LogP contribution in [-0.2, 0) is 11.3 Å². The van der Waals surface area contributed by atoms with E-state index in [0.29, 0.717) is 18.7 Å². The predicted octanol–water partition coefficient (Wildman–Crippen LogP) is 1.66. The van der Waals surface area contributed by atoms with Crippen molar-refractivity contribution in [3.63, 3.8) is 0 Å². The molecule has 0 aliphatic rings. The van der Waals surface area contributed by atoms with Gasteiger partial charge in [-0.3, -0.25) is 4.79 Å². The highest BCUT2D eigenvalue weighted by atomic mass is 19.1. The van der Waals surface area contributed by atoms with Crippen LogP contribution in [0.25, 0.3) is 0 Å². The minimum absolute atomic E-state index is 0.0808. The molecule has 1 rings (SSSR count). The van der Waals surface area contributed by atoms with Crippen molar-refractivity contribution in [3.05, 3.63) is 23.6 Å². The molecule has 6 heteroatoms. The fourth-order valence-corrected chi connectivity index (χ4v) is 1.52. The van der Waals surface area contributed by atoms with Crippen LogP contribution in [0.15, 0.2) is 12.3 Å². The summed E-state index contributed by atoms with van der Waals surface area (Å²) in [6.07, 6.45) is 1.84. The number of halogens is 1. The number of carbonyl (C=O) groups excluding carboxylic acids is 1. The van der Waals surface area contributed by atoms with Crippen molar-refractivity contribution < 1.29 is 9.18 Å². The first-order valence-electron chi connectivity index (χ1n) is 6.66. The summed E-state index contributed by atoms with van der Waals surface area (Å²) < 4.78 is 14.2. The van der Waals surface area contributed by atoms with Gasteiger partial charge in [0.05, 0.1) is 0 Å². The highest BCUT2D eigenvalue weighted by molar-refractivity contribution is 5.76. The Morgan fingerprint density at radius 2 is 2.10 bits per heavy atom. The number of hydrogen-bond donors (Lipinski definition) is 3. The van der Waals surface area contributed by atoms with E-state index in [4.69, 9.17) is 0 Å². The van der Waals surface area contributed by atoms with Crippen LogP contribution < -0.4 is 16.0 Å². The number of nitrogens with zero attached hydrogens (tertiary/aromatic N) is 1. The molecule has 0 fully saturated rings. The number of anilines is 1. The molecule has 0 aliphatic heterocycles. The summed E-state index contributed by atoms with van der Waals surface area (Å²) in [7, 11) is 1.57. The minimum atomic E-state index is -0.374. The third kappa shape index (κ3) is 5.52. The quantitative estimate of drug-likeness (QED) is 0.742. The van der Waals surface area contributed by atoms with Crippen molar-refractivity contribution in [2.75, 3.05) is 18.9 Å². The van der Waals surface area contributed by atoms with Crippen molar-refractivity contribution in [2.45, 2.75) is 39.3 Å². The van der Waals surface area contributed by atoms with Gasteiger partial charge in [-0.25, -0.2) is 9.37 Å². The maximum atomic E-state index is 14.2. The lowest BCUT2D eigenvalue weighted by molar-refractivity contribution is -0.120. The first-order valence-corrected chi connectivity index (χ1v) is 6.66. The summed E-state index contributed by atoms with van der Waals surface area (Å²) in [5.41, 5.74) is 0.472. The second-order valence-corrected chi connectivity index (χ2v) is 5.59. The van der Waals surface area contributed by atoms with E-state index < -0.39 is 0 Å². The molecule has 0 saturated heterocycles. The molecule has 1 aromatic rings. The minimum Gasteiger partial charge on any atom is -0.367 e. The van der Waals surface area contributed by atoms with Gasteiger partial charge in [-0.1, -0.05) is 0 Å². The molecule has 0 bridgehead atoms. The van der Waals surface area contributed by atoms with Crippen molar-refractivity contribution >= 4 is 11.7 Å². The number of aromatic nitrogens is 1. The average Bonchev–Trinajstić information content (AvgIpc) is 2.38. The van der Waals surface area contributed by atoms with Gasteiger partial charge >= 0.3 is 0 Å². The first-order chi connectivity index (χ1) is 9.33. The summed E-state index contributed by atoms with van der Waals surface area (Å²) in [6, 6.07) is 1.65. The molecule has 1 heterocycles. The van der Waals surface area contributed by atoms with Gasteiger partial charge in [-0.15, -0.1) is 0 Å². The summed E-state index contributed by atoms with van der Waals surface area (Å²) >= 11 is 0. The predicted molar refractivity (Wildman–Crippen MR) is 78.0 cm³/mol. The molecule has 0 atom stereocenters. The molecule has 0 aliphatic carbocycles. The van der Waals surface area contributed by atoms with Crippen molar-refractivity contribution in [1.82, 2.24) is 15.6 Å². The Bertz CT molecular complexity index is 457. The molecule has 0 aromatic carbocycles. The van der Waals surface area contributed by atoms with E-state index in [1.54, 1.807) is 19.3 Å². The number of pyridine rings is 1. The van der Waals surface area contributed by atoms with Crippen LogP contribution >= 0.6 is 0 Å². The zero-order chi connectivity index (χ0) is 15.2. The largest absolute Gasteiger partial charge is 0.367 e. The third-order valence-electron chi connectivity index (χ3n) is 2.70. The standard InChI is InChI=1S/C14H23FN4O/c1-14(2,3)19-9-10-5-7-17-13(12(10)15)18-8-6-11(20)16-4/h5,7,19H,6,8-9H2,1-4H3,(H,16,20)(H,17,18). The summed E-state index contributed by atoms with van der Waals surface area (Å²) in [5, 5.41) is 8.58. The normalized spacial score (nSPS) is 11.2. The van der Waals surface area contributed by atoms with E-state index >= 15 is 0 Å². The Balaban J connectivity index is 2.62. The molecular weight excluding hydrogens is 259 g/mol. The third-order valence-corrected chi connectivity index (χ3v) is 2.70. The highest BCUT2D eigenvalue weighted by Crippen LogP contribution is 2.15. The maximum Gasteiger partial charge on any atom is 0.221 e. The number of amides is 1. The van der Waals surface area contributed by atoms with Crippen LogP contribution in [0.4, 0.5) is 10.2 Å². The van der Waals surface area contributed by atoms with Crippen LogP contribution in [-0.4, -0.2) is 30.0 Å². The number of carbonyl (C=O) groups is 1. The fraction of sp³-hybridized carbons (Fsp3) is 0.571. The van der Waals surface area contributed by atoms with Gasteiger partial charge in [0.2, 0.25) is 5.91 Å². The lowest BCUT2D eigenvalue weighted by Gasteiger charge is -2.21. The van der Waals surface area contributed by atoms with Crippen LogP contribution in [0.5, 0.6) is 0 Å². The van der Waals surface area contributed by atoms with Crippen LogP contribution in [0, 0.1) is 5.82 Å². The van der Waals surface area contributed by atoms with Gasteiger partial charge < -0.3 is 16.0 Å². The molecule has 3 N–H and O–H groups in total. The van der Waals surface area contributed by atoms with Crippen molar-refractivity contribution in [3.8, 4) is 0 Å². The van der Waals surface area contributed by atoms with Crippen LogP contribution in [0.1, 0.15) is 32.8 Å². The van der Waals surface area contributed by atoms with Crippen LogP contribution in [0.3, 0.4) is 0 Å². The number of hydrogen-bond acceptors (Lipinski definition) is 4. The zero-order valence-corrected chi connectivity index (χ0v) is 12.5. The van der Waals surface area contributed by atoms with E-state index in [1.165, 1.54) is 0 Å². The highest BCUT2D eigenvalue weighted by Gasteiger charge is 2.13. The lowest BCUT2D eigenvalue weighted by atomic mass is 10.1. The molecule has 1 amide bonds. The van der Waals surface area contributed by atoms with Gasteiger partial charge in [0.15, 0.2) is 11.6 Å². The van der Waals surface area contributed by atoms with Gasteiger partial charge in [0.1, 0.15) is 0 Å². The van der Waals surface area contributed by atoms with E-state index in [1.807, 2.05) is 20.8 Å². The Kier molecular flexibility index (Phi) is 5.88. The summed E-state index contributed by atoms with van der Waals surface area (Å²) in [5.74, 6) is -0.285. The maximum absolute atomic E-state index is 14.2. The zero-order valence-electron chi connectivity index (χ0n) is 12.5. The SMILES string of the molecule is CNC(=O)CCNc1nccc(CNC(C)(C)C)c1F. The van der Waals surface area contributed by atoms with Gasteiger partial charge in [-0.2, -0.15) is 0 Å². The van der Waals surface area contributed by atoms with E-state index in [2.05, 4.69) is 20.9 Å². The van der Waals surface area contributed by atoms with Gasteiger partial charge in [0, 0.05) is 43.9 Å². The first kappa shape index (κ1) is 16.4. The second kappa shape index (κ2) is 7.19. The number of rotatable bonds is 6. The van der Waals surface area contributed by atoms with Gasteiger partial charge in [0.25, 0.3) is 0 Å². The molecule has 0 saturated carbocycles. The average molecular weight is 282 g/mol. The Hall–Kier alpha value is -1.69. The van der Waals surface area contributed by atoms with Crippen LogP contribution in [0.2, 0.25) is 0 Å². The molecule has 112 valence electrons. The number of nitrogens with one attached hydrogen (secondary N) is 3. The molecule has 5 nitrogen and oxygen atoms in total. The van der Waals surface area contributed by atoms with Crippen molar-refractivity contribution in [1.29, 1.82) is 0 Å². The summed E-state index contributed by atoms with van der Waals surface area (Å²) in [4.78, 5) is 15.1. The second-order valence-electron chi connectivity index (χ2n) is 5.59. The molecular formula is C14H23FN4O. The van der Waals surface area contributed by atoms with E-state index in [9.17, 15) is 9.18 Å². The molecule has 0 spiro atoms. The fourth-order valence-electron chi connectivity index (χ4n) is 1.52. The van der Waals surface area contributed by atoms with Gasteiger partial charge in [-0.05, 0) is 26.8 Å². The Morgan fingerprint density at radius 3 is 2.70 bits per heavy atom. The Labute approximate surface area is 119 Å². The van der Waals surface area contributed by atoms with E-state index in [-0.39, 0.29) is 29.5 Å². The lowest BCUT2D eigenvalue weighted by Crippen LogP contribution is -2.35. The van der Waals surface area contributed by atoms with E-state index in [0.717, 1.165) is 0 Å². The molecule has 0 radical (unpaired) electrons. The molecule has 0 unspecified atom stereocenters. The summed E-state index contributed by atoms with van der Waals surface area (Å²) in [6.45, 7) is 6.85. The van der Waals surface area contributed by atoms with Crippen molar-refractivity contribution in [2.24, 2.45) is 0 Å². The smallest absolute Gasteiger partial charge is 0.221 e. The molecule has 20 heavy (non-hydrogen) atoms. The molecule has 1 aromatic heterocycles. The topological polar surface area (TPSA) is 66.0 Å².